The molecule has 1 atom stereocenters. The largest absolute Gasteiger partial charge is 0.444 e. The molecule has 0 aliphatic carbocycles. The van der Waals surface area contributed by atoms with Gasteiger partial charge in [-0.05, 0) is 34.6 Å². The van der Waals surface area contributed by atoms with Crippen LogP contribution in [0.1, 0.15) is 34.6 Å². The molecule has 0 bridgehead atoms. The van der Waals surface area contributed by atoms with E-state index in [9.17, 15) is 4.79 Å². The minimum absolute atomic E-state index is 0.317. The lowest BCUT2D eigenvalue weighted by molar-refractivity contribution is -0.0563. The number of alkyl halides is 1. The SMILES string of the molecule is CCN(CC(C)(CBr)OCCOC)C(=O)OC(C)(C)C. The van der Waals surface area contributed by atoms with Gasteiger partial charge in [0.2, 0.25) is 0 Å². The van der Waals surface area contributed by atoms with Gasteiger partial charge in [-0.25, -0.2) is 4.79 Å². The highest BCUT2D eigenvalue weighted by molar-refractivity contribution is 9.09. The number of carbonyl (C=O) groups is 1. The second kappa shape index (κ2) is 8.85. The number of halogens is 1. The molecule has 0 heterocycles. The van der Waals surface area contributed by atoms with Crippen LogP contribution in [0.15, 0.2) is 0 Å². The lowest BCUT2D eigenvalue weighted by Crippen LogP contribution is -2.48. The Morgan fingerprint density at radius 1 is 1.20 bits per heavy atom. The van der Waals surface area contributed by atoms with Crippen molar-refractivity contribution in [3.05, 3.63) is 0 Å². The highest BCUT2D eigenvalue weighted by atomic mass is 79.9. The molecule has 20 heavy (non-hydrogen) atoms. The van der Waals surface area contributed by atoms with Crippen LogP contribution in [0.3, 0.4) is 0 Å². The standard InChI is InChI=1S/C14H28BrNO4/c1-7-16(12(17)20-13(2,3)4)11-14(5,10-15)19-9-8-18-6/h7-11H2,1-6H3. The van der Waals surface area contributed by atoms with Crippen LogP contribution in [0.4, 0.5) is 4.79 Å². The molecule has 0 rings (SSSR count). The van der Waals surface area contributed by atoms with E-state index >= 15 is 0 Å². The van der Waals surface area contributed by atoms with Crippen LogP contribution in [-0.4, -0.2) is 60.9 Å². The Labute approximate surface area is 131 Å². The van der Waals surface area contributed by atoms with Gasteiger partial charge in [0.05, 0.1) is 25.4 Å². The normalized spacial score (nSPS) is 14.8. The van der Waals surface area contributed by atoms with Crippen LogP contribution in [0, 0.1) is 0 Å². The van der Waals surface area contributed by atoms with Gasteiger partial charge in [0.1, 0.15) is 5.60 Å². The summed E-state index contributed by atoms with van der Waals surface area (Å²) in [4.78, 5) is 13.8. The van der Waals surface area contributed by atoms with E-state index in [4.69, 9.17) is 14.2 Å². The number of amides is 1. The highest BCUT2D eigenvalue weighted by Crippen LogP contribution is 2.18. The number of methoxy groups -OCH3 is 1. The Morgan fingerprint density at radius 2 is 1.80 bits per heavy atom. The molecule has 0 saturated heterocycles. The topological polar surface area (TPSA) is 48.0 Å². The monoisotopic (exact) mass is 353 g/mol. The summed E-state index contributed by atoms with van der Waals surface area (Å²) < 4.78 is 16.2. The molecular formula is C14H28BrNO4. The first-order chi connectivity index (χ1) is 9.17. The molecule has 120 valence electrons. The van der Waals surface area contributed by atoms with Crippen LogP contribution in [0.25, 0.3) is 0 Å². The summed E-state index contributed by atoms with van der Waals surface area (Å²) >= 11 is 3.45. The molecule has 1 amide bonds. The molecule has 0 saturated carbocycles. The van der Waals surface area contributed by atoms with Gasteiger partial charge in [-0.15, -0.1) is 0 Å². The first-order valence-electron chi connectivity index (χ1n) is 6.84. The summed E-state index contributed by atoms with van der Waals surface area (Å²) in [5.74, 6) is 0. The fourth-order valence-corrected chi connectivity index (χ4v) is 1.87. The summed E-state index contributed by atoms with van der Waals surface area (Å²) in [6.45, 7) is 11.5. The minimum atomic E-state index is -0.494. The molecule has 0 aromatic heterocycles. The van der Waals surface area contributed by atoms with E-state index in [-0.39, 0.29) is 6.09 Å². The van der Waals surface area contributed by atoms with Crippen molar-refractivity contribution in [1.82, 2.24) is 4.90 Å². The van der Waals surface area contributed by atoms with Crippen LogP contribution in [0.2, 0.25) is 0 Å². The quantitative estimate of drug-likeness (QED) is 0.497. The summed E-state index contributed by atoms with van der Waals surface area (Å²) in [5.41, 5.74) is -0.961. The van der Waals surface area contributed by atoms with Crippen molar-refractivity contribution in [2.24, 2.45) is 0 Å². The third-order valence-electron chi connectivity index (χ3n) is 2.58. The fraction of sp³-hybridized carbons (Fsp3) is 0.929. The Hall–Kier alpha value is -0.330. The summed E-state index contributed by atoms with van der Waals surface area (Å²) in [7, 11) is 1.63. The van der Waals surface area contributed by atoms with E-state index in [1.54, 1.807) is 12.0 Å². The maximum absolute atomic E-state index is 12.1. The van der Waals surface area contributed by atoms with Crippen LogP contribution in [-0.2, 0) is 14.2 Å². The molecule has 0 spiro atoms. The molecule has 0 N–H and O–H groups in total. The van der Waals surface area contributed by atoms with Crippen molar-refractivity contribution < 1.29 is 19.0 Å². The van der Waals surface area contributed by atoms with Crippen LogP contribution in [0.5, 0.6) is 0 Å². The Kier molecular flexibility index (Phi) is 8.70. The van der Waals surface area contributed by atoms with Gasteiger partial charge in [-0.2, -0.15) is 0 Å². The number of likely N-dealkylation sites (N-methyl/N-ethyl adjacent to an activating group) is 1. The van der Waals surface area contributed by atoms with Crippen molar-refractivity contribution >= 4 is 22.0 Å². The zero-order valence-electron chi connectivity index (χ0n) is 13.5. The molecule has 5 nitrogen and oxygen atoms in total. The molecule has 0 aromatic carbocycles. The van der Waals surface area contributed by atoms with Crippen molar-refractivity contribution in [2.45, 2.75) is 45.8 Å². The number of ether oxygens (including phenoxy) is 3. The third kappa shape index (κ3) is 8.07. The average molecular weight is 354 g/mol. The summed E-state index contributed by atoms with van der Waals surface area (Å²) in [6, 6.07) is 0. The van der Waals surface area contributed by atoms with E-state index in [0.29, 0.717) is 31.6 Å². The molecular weight excluding hydrogens is 326 g/mol. The first-order valence-corrected chi connectivity index (χ1v) is 7.96. The lowest BCUT2D eigenvalue weighted by atomic mass is 10.1. The van der Waals surface area contributed by atoms with Crippen LogP contribution >= 0.6 is 15.9 Å². The Bertz CT molecular complexity index is 293. The zero-order chi connectivity index (χ0) is 15.8. The molecule has 0 aliphatic heterocycles. The molecule has 0 fully saturated rings. The van der Waals surface area contributed by atoms with Gasteiger partial charge in [0, 0.05) is 19.0 Å². The predicted molar refractivity (Wildman–Crippen MR) is 83.5 cm³/mol. The van der Waals surface area contributed by atoms with E-state index in [2.05, 4.69) is 15.9 Å². The minimum Gasteiger partial charge on any atom is -0.444 e. The number of hydrogen-bond donors (Lipinski definition) is 0. The summed E-state index contributed by atoms with van der Waals surface area (Å²) in [6.07, 6.45) is -0.317. The van der Waals surface area contributed by atoms with Gasteiger partial charge in [0.25, 0.3) is 0 Å². The lowest BCUT2D eigenvalue weighted by Gasteiger charge is -2.34. The van der Waals surface area contributed by atoms with Gasteiger partial charge in [0.15, 0.2) is 0 Å². The molecule has 0 aliphatic rings. The molecule has 0 aromatic rings. The zero-order valence-corrected chi connectivity index (χ0v) is 15.1. The van der Waals surface area contributed by atoms with E-state index in [1.807, 2.05) is 34.6 Å². The predicted octanol–water partition coefficient (Wildman–Crippen LogP) is 3.06. The van der Waals surface area contributed by atoms with Crippen molar-refractivity contribution in [2.75, 3.05) is 38.7 Å². The smallest absolute Gasteiger partial charge is 0.410 e. The number of rotatable bonds is 8. The average Bonchev–Trinajstić information content (AvgIpc) is 2.34. The number of nitrogens with zero attached hydrogens (tertiary/aromatic N) is 1. The van der Waals surface area contributed by atoms with Gasteiger partial charge < -0.3 is 19.1 Å². The fourth-order valence-electron chi connectivity index (χ4n) is 1.53. The second-order valence-electron chi connectivity index (χ2n) is 5.92. The first kappa shape index (κ1) is 19.7. The summed E-state index contributed by atoms with van der Waals surface area (Å²) in [5, 5.41) is 0.628. The van der Waals surface area contributed by atoms with Crippen molar-refractivity contribution in [3.8, 4) is 0 Å². The Balaban J connectivity index is 4.60. The van der Waals surface area contributed by atoms with E-state index < -0.39 is 11.2 Å². The Morgan fingerprint density at radius 3 is 2.20 bits per heavy atom. The number of hydrogen-bond acceptors (Lipinski definition) is 4. The van der Waals surface area contributed by atoms with Crippen molar-refractivity contribution in [1.29, 1.82) is 0 Å². The number of carbonyl (C=O) groups excluding carboxylic acids is 1. The van der Waals surface area contributed by atoms with Gasteiger partial charge in [-0.3, -0.25) is 0 Å². The molecule has 6 heteroatoms. The van der Waals surface area contributed by atoms with E-state index in [0.717, 1.165) is 0 Å². The second-order valence-corrected chi connectivity index (χ2v) is 6.48. The third-order valence-corrected chi connectivity index (χ3v) is 3.77. The maximum atomic E-state index is 12.1. The van der Waals surface area contributed by atoms with Gasteiger partial charge in [-0.1, -0.05) is 15.9 Å². The molecule has 1 unspecified atom stereocenters. The van der Waals surface area contributed by atoms with Crippen molar-refractivity contribution in [3.63, 3.8) is 0 Å². The van der Waals surface area contributed by atoms with Crippen LogP contribution < -0.4 is 0 Å². The maximum Gasteiger partial charge on any atom is 0.410 e. The van der Waals surface area contributed by atoms with E-state index in [1.165, 1.54) is 0 Å². The highest BCUT2D eigenvalue weighted by Gasteiger charge is 2.30. The molecule has 0 radical (unpaired) electrons. The van der Waals surface area contributed by atoms with Gasteiger partial charge >= 0.3 is 6.09 Å².